The van der Waals surface area contributed by atoms with E-state index in [1.165, 1.54) is 14.2 Å². The van der Waals surface area contributed by atoms with Crippen LogP contribution in [0.2, 0.25) is 5.02 Å². The minimum absolute atomic E-state index is 0.0712. The number of carbonyl (C=O) groups is 2. The number of aromatic amines is 1. The molecule has 0 spiro atoms. The molecule has 0 aliphatic rings. The number of hydrogen-bond donors (Lipinski definition) is 2. The molecule has 0 aliphatic carbocycles. The van der Waals surface area contributed by atoms with Crippen LogP contribution in [0.25, 0.3) is 21.9 Å². The predicted octanol–water partition coefficient (Wildman–Crippen LogP) is 5.01. The van der Waals surface area contributed by atoms with Gasteiger partial charge in [0.2, 0.25) is 0 Å². The maximum atomic E-state index is 13.0. The number of ether oxygens (including phenoxy) is 3. The fourth-order valence-electron chi connectivity index (χ4n) is 3.31. The highest BCUT2D eigenvalue weighted by molar-refractivity contribution is 6.31. The molecule has 0 unspecified atom stereocenters. The number of fused-ring (bicyclic) bond motifs is 2. The van der Waals surface area contributed by atoms with E-state index in [9.17, 15) is 9.59 Å². The fraction of sp³-hybridized carbons (Fsp3) is 0.182. The number of amides is 1. The van der Waals surface area contributed by atoms with Crippen molar-refractivity contribution in [1.29, 1.82) is 0 Å². The largest absolute Gasteiger partial charge is 0.493 e. The Bertz CT molecular complexity index is 1310. The minimum atomic E-state index is -0.608. The summed E-state index contributed by atoms with van der Waals surface area (Å²) in [7, 11) is 3.01. The van der Waals surface area contributed by atoms with E-state index in [0.29, 0.717) is 38.4 Å². The minimum Gasteiger partial charge on any atom is -0.493 e. The van der Waals surface area contributed by atoms with Crippen molar-refractivity contribution in [2.24, 2.45) is 0 Å². The third-order valence-electron chi connectivity index (χ3n) is 4.72. The summed E-state index contributed by atoms with van der Waals surface area (Å²) in [6, 6.07) is 9.98. The van der Waals surface area contributed by atoms with Crippen molar-refractivity contribution in [1.82, 2.24) is 4.98 Å². The van der Waals surface area contributed by atoms with Crippen LogP contribution in [0, 0.1) is 0 Å². The maximum absolute atomic E-state index is 13.0. The highest BCUT2D eigenvalue weighted by Gasteiger charge is 2.24. The van der Waals surface area contributed by atoms with Crippen LogP contribution in [0.3, 0.4) is 0 Å². The number of esters is 1. The highest BCUT2D eigenvalue weighted by Crippen LogP contribution is 2.37. The van der Waals surface area contributed by atoms with Crippen LogP contribution < -0.4 is 14.8 Å². The maximum Gasteiger partial charge on any atom is 0.356 e. The Morgan fingerprint density at radius 3 is 2.55 bits per heavy atom. The molecule has 0 saturated heterocycles. The van der Waals surface area contributed by atoms with Gasteiger partial charge in [0.1, 0.15) is 11.3 Å². The van der Waals surface area contributed by atoms with Crippen LogP contribution >= 0.6 is 11.6 Å². The first kappa shape index (κ1) is 20.6. The summed E-state index contributed by atoms with van der Waals surface area (Å²) >= 11 is 6.01. The molecule has 2 heterocycles. The van der Waals surface area contributed by atoms with Gasteiger partial charge in [0.25, 0.3) is 5.91 Å². The summed E-state index contributed by atoms with van der Waals surface area (Å²) in [5.41, 5.74) is 1.43. The Kier molecular flexibility index (Phi) is 5.48. The smallest absolute Gasteiger partial charge is 0.356 e. The molecule has 160 valence electrons. The number of carbonyl (C=O) groups excluding carboxylic acids is 2. The van der Waals surface area contributed by atoms with Crippen molar-refractivity contribution >= 4 is 51.0 Å². The van der Waals surface area contributed by atoms with Gasteiger partial charge in [-0.05, 0) is 37.3 Å². The Balaban J connectivity index is 1.80. The number of rotatable bonds is 6. The lowest BCUT2D eigenvalue weighted by molar-refractivity contribution is 0.0522. The highest BCUT2D eigenvalue weighted by atomic mass is 35.5. The number of benzene rings is 2. The number of H-pyrrole nitrogens is 1. The summed E-state index contributed by atoms with van der Waals surface area (Å²) in [6.45, 7) is 1.88. The van der Waals surface area contributed by atoms with Crippen molar-refractivity contribution < 1.29 is 28.2 Å². The van der Waals surface area contributed by atoms with Gasteiger partial charge in [-0.25, -0.2) is 4.79 Å². The van der Waals surface area contributed by atoms with Crippen molar-refractivity contribution in [2.45, 2.75) is 6.92 Å². The van der Waals surface area contributed by atoms with Gasteiger partial charge in [0.05, 0.1) is 32.0 Å². The zero-order valence-corrected chi connectivity index (χ0v) is 17.8. The number of nitrogens with one attached hydrogen (secondary N) is 2. The van der Waals surface area contributed by atoms with Crippen molar-refractivity contribution in [2.75, 3.05) is 26.1 Å². The van der Waals surface area contributed by atoms with E-state index < -0.39 is 11.9 Å². The summed E-state index contributed by atoms with van der Waals surface area (Å²) in [5.74, 6) is -0.157. The third-order valence-corrected chi connectivity index (χ3v) is 4.96. The van der Waals surface area contributed by atoms with E-state index >= 15 is 0 Å². The Labute approximate surface area is 182 Å². The molecule has 2 N–H and O–H groups in total. The molecule has 2 aromatic heterocycles. The zero-order valence-electron chi connectivity index (χ0n) is 17.0. The second-order valence-electron chi connectivity index (χ2n) is 6.60. The standard InChI is InChI=1S/C22H19ClN2O6/c1-4-30-22(27)20-19(13-9-16(28-2)17(29-3)10-14(13)24-20)25-21(26)18-8-11-7-12(23)5-6-15(11)31-18/h5-10,24H,4H2,1-3H3,(H,25,26). The molecule has 1 amide bonds. The molecular formula is C22H19ClN2O6. The van der Waals surface area contributed by atoms with Crippen LogP contribution in [-0.2, 0) is 4.74 Å². The average Bonchev–Trinajstić information content (AvgIpc) is 3.33. The Hall–Kier alpha value is -3.65. The van der Waals surface area contributed by atoms with Gasteiger partial charge >= 0.3 is 5.97 Å². The zero-order chi connectivity index (χ0) is 22.1. The molecule has 0 radical (unpaired) electrons. The van der Waals surface area contributed by atoms with E-state index in [-0.39, 0.29) is 23.7 Å². The van der Waals surface area contributed by atoms with Crippen LogP contribution in [0.4, 0.5) is 5.69 Å². The molecule has 2 aromatic carbocycles. The van der Waals surface area contributed by atoms with Crippen LogP contribution in [-0.4, -0.2) is 37.7 Å². The van der Waals surface area contributed by atoms with Gasteiger partial charge < -0.3 is 28.9 Å². The number of methoxy groups -OCH3 is 2. The number of aromatic nitrogens is 1. The molecule has 31 heavy (non-hydrogen) atoms. The topological polar surface area (TPSA) is 103 Å². The van der Waals surface area contributed by atoms with Crippen molar-refractivity contribution in [3.8, 4) is 11.5 Å². The number of furan rings is 1. The first-order valence-corrected chi connectivity index (χ1v) is 9.78. The van der Waals surface area contributed by atoms with E-state index in [1.54, 1.807) is 43.3 Å². The summed E-state index contributed by atoms with van der Waals surface area (Å²) < 4.78 is 21.5. The second-order valence-corrected chi connectivity index (χ2v) is 7.03. The lowest BCUT2D eigenvalue weighted by atomic mass is 10.2. The number of hydrogen-bond acceptors (Lipinski definition) is 6. The van der Waals surface area contributed by atoms with Gasteiger partial charge in [-0.2, -0.15) is 0 Å². The molecular weight excluding hydrogens is 424 g/mol. The lowest BCUT2D eigenvalue weighted by Gasteiger charge is -2.09. The molecule has 9 heteroatoms. The van der Waals surface area contributed by atoms with Gasteiger partial charge in [0, 0.05) is 21.9 Å². The van der Waals surface area contributed by atoms with Gasteiger partial charge in [-0.3, -0.25) is 4.79 Å². The molecule has 4 aromatic rings. The first-order valence-electron chi connectivity index (χ1n) is 9.40. The summed E-state index contributed by atoms with van der Waals surface area (Å²) in [6.07, 6.45) is 0. The van der Waals surface area contributed by atoms with E-state index in [0.717, 1.165) is 0 Å². The quantitative estimate of drug-likeness (QED) is 0.407. The number of anilines is 1. The summed E-state index contributed by atoms with van der Waals surface area (Å²) in [5, 5.41) is 4.53. The Morgan fingerprint density at radius 2 is 1.84 bits per heavy atom. The van der Waals surface area contributed by atoms with Crippen LogP contribution in [0.15, 0.2) is 40.8 Å². The SMILES string of the molecule is CCOC(=O)c1[nH]c2cc(OC)c(OC)cc2c1NC(=O)c1cc2cc(Cl)ccc2o1. The molecule has 0 bridgehead atoms. The van der Waals surface area contributed by atoms with Crippen molar-refractivity contribution in [3.05, 3.63) is 52.9 Å². The molecule has 4 rings (SSSR count). The molecule has 8 nitrogen and oxygen atoms in total. The van der Waals surface area contributed by atoms with E-state index in [4.69, 9.17) is 30.2 Å². The number of halogens is 1. The molecule has 0 atom stereocenters. The van der Waals surface area contributed by atoms with Gasteiger partial charge in [-0.1, -0.05) is 11.6 Å². The Morgan fingerprint density at radius 1 is 1.10 bits per heavy atom. The van der Waals surface area contributed by atoms with Gasteiger partial charge in [-0.15, -0.1) is 0 Å². The predicted molar refractivity (Wildman–Crippen MR) is 117 cm³/mol. The molecule has 0 aliphatic heterocycles. The van der Waals surface area contributed by atoms with Crippen molar-refractivity contribution in [3.63, 3.8) is 0 Å². The molecule has 0 saturated carbocycles. The first-order chi connectivity index (χ1) is 14.9. The summed E-state index contributed by atoms with van der Waals surface area (Å²) in [4.78, 5) is 28.5. The lowest BCUT2D eigenvalue weighted by Crippen LogP contribution is -2.15. The third kappa shape index (κ3) is 3.77. The van der Waals surface area contributed by atoms with E-state index in [2.05, 4.69) is 10.3 Å². The fourth-order valence-corrected chi connectivity index (χ4v) is 3.49. The molecule has 0 fully saturated rings. The monoisotopic (exact) mass is 442 g/mol. The van der Waals surface area contributed by atoms with Crippen LogP contribution in [0.5, 0.6) is 11.5 Å². The second kappa shape index (κ2) is 8.23. The average molecular weight is 443 g/mol. The van der Waals surface area contributed by atoms with E-state index in [1.807, 2.05) is 0 Å². The normalized spacial score (nSPS) is 11.0. The van der Waals surface area contributed by atoms with Gasteiger partial charge in [0.15, 0.2) is 17.3 Å². The van der Waals surface area contributed by atoms with Crippen LogP contribution in [0.1, 0.15) is 28.0 Å².